The van der Waals surface area contributed by atoms with E-state index in [0.717, 1.165) is 14.5 Å². The van der Waals surface area contributed by atoms with Gasteiger partial charge in [-0.2, -0.15) is 0 Å². The molecule has 0 heterocycles. The van der Waals surface area contributed by atoms with E-state index in [1.165, 1.54) is 0 Å². The number of hydrogen-bond donors (Lipinski definition) is 0. The van der Waals surface area contributed by atoms with E-state index in [-0.39, 0.29) is 0 Å². The van der Waals surface area contributed by atoms with Crippen LogP contribution in [0.2, 0.25) is 5.02 Å². The summed E-state index contributed by atoms with van der Waals surface area (Å²) in [5.41, 5.74) is 1.09. The van der Waals surface area contributed by atoms with Crippen LogP contribution >= 0.6 is 43.5 Å². The van der Waals surface area contributed by atoms with Gasteiger partial charge in [-0.25, -0.2) is 0 Å². The van der Waals surface area contributed by atoms with Crippen LogP contribution < -0.4 is 4.74 Å². The summed E-state index contributed by atoms with van der Waals surface area (Å²) >= 11 is 12.9. The second-order valence-electron chi connectivity index (χ2n) is 3.49. The number of hydrogen-bond acceptors (Lipinski definition) is 1. The Bertz CT molecular complexity index is 529. The molecule has 88 valence electrons. The molecule has 0 atom stereocenters. The molecule has 0 unspecified atom stereocenters. The van der Waals surface area contributed by atoms with Gasteiger partial charge in [0.2, 0.25) is 0 Å². The minimum absolute atomic E-state index is 0.496. The minimum atomic E-state index is 0.496. The second-order valence-corrected chi connectivity index (χ2v) is 5.73. The summed E-state index contributed by atoms with van der Waals surface area (Å²) in [4.78, 5) is 0. The van der Waals surface area contributed by atoms with Gasteiger partial charge >= 0.3 is 0 Å². The van der Waals surface area contributed by atoms with Crippen LogP contribution in [0, 0.1) is 0 Å². The van der Waals surface area contributed by atoms with Crippen LogP contribution in [0.1, 0.15) is 5.56 Å². The zero-order chi connectivity index (χ0) is 12.3. The molecule has 2 aromatic rings. The average Bonchev–Trinajstić information content (AvgIpc) is 2.30. The molecule has 0 aliphatic heterocycles. The Hall–Kier alpha value is -0.510. The van der Waals surface area contributed by atoms with Crippen LogP contribution in [0.4, 0.5) is 0 Å². The van der Waals surface area contributed by atoms with Crippen molar-refractivity contribution in [2.75, 3.05) is 0 Å². The fourth-order valence-electron chi connectivity index (χ4n) is 1.38. The van der Waals surface area contributed by atoms with Gasteiger partial charge in [-0.05, 0) is 35.9 Å². The first-order valence-corrected chi connectivity index (χ1v) is 6.94. The normalized spacial score (nSPS) is 10.3. The van der Waals surface area contributed by atoms with Crippen molar-refractivity contribution in [2.24, 2.45) is 0 Å². The van der Waals surface area contributed by atoms with Crippen molar-refractivity contribution >= 4 is 43.5 Å². The zero-order valence-electron chi connectivity index (χ0n) is 8.79. The molecule has 0 N–H and O–H groups in total. The molecule has 0 bridgehead atoms. The number of ether oxygens (including phenoxy) is 1. The molecule has 17 heavy (non-hydrogen) atoms. The molecule has 0 saturated carbocycles. The van der Waals surface area contributed by atoms with Crippen molar-refractivity contribution in [1.29, 1.82) is 0 Å². The van der Waals surface area contributed by atoms with E-state index in [4.69, 9.17) is 16.3 Å². The highest BCUT2D eigenvalue weighted by Crippen LogP contribution is 2.28. The van der Waals surface area contributed by atoms with Gasteiger partial charge in [-0.1, -0.05) is 55.6 Å². The second kappa shape index (κ2) is 5.89. The Kier molecular flexibility index (Phi) is 4.48. The first-order valence-electron chi connectivity index (χ1n) is 4.97. The molecule has 0 radical (unpaired) electrons. The highest BCUT2D eigenvalue weighted by Gasteiger charge is 2.03. The van der Waals surface area contributed by atoms with Crippen molar-refractivity contribution < 1.29 is 4.74 Å². The number of halogens is 3. The van der Waals surface area contributed by atoms with Gasteiger partial charge in [-0.15, -0.1) is 0 Å². The van der Waals surface area contributed by atoms with E-state index in [1.807, 2.05) is 42.5 Å². The van der Waals surface area contributed by atoms with Crippen LogP contribution in [0.15, 0.2) is 51.4 Å². The molecule has 4 heteroatoms. The fourth-order valence-corrected chi connectivity index (χ4v) is 2.33. The van der Waals surface area contributed by atoms with Crippen LogP contribution in [-0.4, -0.2) is 0 Å². The van der Waals surface area contributed by atoms with Gasteiger partial charge in [0.15, 0.2) is 0 Å². The summed E-state index contributed by atoms with van der Waals surface area (Å²) < 4.78 is 7.67. The summed E-state index contributed by atoms with van der Waals surface area (Å²) in [6.07, 6.45) is 0. The molecule has 0 fully saturated rings. The predicted octanol–water partition coefficient (Wildman–Crippen LogP) is 5.44. The average molecular weight is 376 g/mol. The summed E-state index contributed by atoms with van der Waals surface area (Å²) in [6.45, 7) is 0.496. The van der Waals surface area contributed by atoms with Crippen LogP contribution in [0.25, 0.3) is 0 Å². The Morgan fingerprint density at radius 3 is 2.53 bits per heavy atom. The monoisotopic (exact) mass is 374 g/mol. The lowest BCUT2D eigenvalue weighted by Gasteiger charge is -2.08. The first-order chi connectivity index (χ1) is 8.15. The Morgan fingerprint density at radius 1 is 1.00 bits per heavy atom. The third-order valence-corrected chi connectivity index (χ3v) is 3.48. The minimum Gasteiger partial charge on any atom is -0.487 e. The summed E-state index contributed by atoms with van der Waals surface area (Å²) in [5.74, 6) is 0.681. The van der Waals surface area contributed by atoms with Gasteiger partial charge in [0, 0.05) is 8.95 Å². The quantitative estimate of drug-likeness (QED) is 0.693. The van der Waals surface area contributed by atoms with Crippen LogP contribution in [0.5, 0.6) is 5.75 Å². The van der Waals surface area contributed by atoms with Gasteiger partial charge in [0.1, 0.15) is 12.4 Å². The highest BCUT2D eigenvalue weighted by atomic mass is 79.9. The van der Waals surface area contributed by atoms with Crippen molar-refractivity contribution in [3.63, 3.8) is 0 Å². The summed E-state index contributed by atoms with van der Waals surface area (Å²) in [5, 5.41) is 0.614. The van der Waals surface area contributed by atoms with E-state index in [0.29, 0.717) is 17.4 Å². The topological polar surface area (TPSA) is 9.23 Å². The van der Waals surface area contributed by atoms with Crippen LogP contribution in [0.3, 0.4) is 0 Å². The lowest BCUT2D eigenvalue weighted by atomic mass is 10.2. The van der Waals surface area contributed by atoms with Crippen molar-refractivity contribution in [2.45, 2.75) is 6.61 Å². The maximum atomic E-state index is 6.04. The van der Waals surface area contributed by atoms with Gasteiger partial charge in [-0.3, -0.25) is 0 Å². The third-order valence-electron chi connectivity index (χ3n) is 2.18. The Balaban J connectivity index is 2.09. The molecule has 1 nitrogen and oxygen atoms in total. The summed E-state index contributed by atoms with van der Waals surface area (Å²) in [6, 6.07) is 13.5. The van der Waals surface area contributed by atoms with E-state index < -0.39 is 0 Å². The maximum Gasteiger partial charge on any atom is 0.139 e. The lowest BCUT2D eigenvalue weighted by Crippen LogP contribution is -1.95. The molecule has 0 amide bonds. The molecule has 0 aromatic heterocycles. The molecule has 2 aromatic carbocycles. The van der Waals surface area contributed by atoms with E-state index >= 15 is 0 Å². The Labute approximate surface area is 122 Å². The van der Waals surface area contributed by atoms with E-state index in [9.17, 15) is 0 Å². The fraction of sp³-hybridized carbons (Fsp3) is 0.0769. The highest BCUT2D eigenvalue weighted by molar-refractivity contribution is 9.10. The molecular formula is C13H9Br2ClO. The predicted molar refractivity (Wildman–Crippen MR) is 77.6 cm³/mol. The SMILES string of the molecule is Clc1ccc(Br)cc1OCc1cccc(Br)c1. The molecule has 0 aliphatic rings. The van der Waals surface area contributed by atoms with Crippen molar-refractivity contribution in [3.05, 3.63) is 62.0 Å². The number of rotatable bonds is 3. The van der Waals surface area contributed by atoms with Crippen LogP contribution in [-0.2, 0) is 6.61 Å². The van der Waals surface area contributed by atoms with E-state index in [2.05, 4.69) is 31.9 Å². The molecule has 0 saturated heterocycles. The molecule has 0 spiro atoms. The largest absolute Gasteiger partial charge is 0.487 e. The zero-order valence-corrected chi connectivity index (χ0v) is 12.7. The van der Waals surface area contributed by atoms with Gasteiger partial charge in [0.25, 0.3) is 0 Å². The lowest BCUT2D eigenvalue weighted by molar-refractivity contribution is 0.306. The van der Waals surface area contributed by atoms with Gasteiger partial charge in [0.05, 0.1) is 5.02 Å². The molecular weight excluding hydrogens is 367 g/mol. The molecule has 2 rings (SSSR count). The first kappa shape index (κ1) is 12.9. The Morgan fingerprint density at radius 2 is 1.76 bits per heavy atom. The molecule has 0 aliphatic carbocycles. The van der Waals surface area contributed by atoms with Crippen molar-refractivity contribution in [1.82, 2.24) is 0 Å². The van der Waals surface area contributed by atoms with Crippen molar-refractivity contribution in [3.8, 4) is 5.75 Å². The third kappa shape index (κ3) is 3.73. The number of benzene rings is 2. The van der Waals surface area contributed by atoms with Gasteiger partial charge < -0.3 is 4.74 Å². The standard InChI is InChI=1S/C13H9Br2ClO/c14-10-3-1-2-9(6-10)8-17-13-7-11(15)4-5-12(13)16/h1-7H,8H2. The van der Waals surface area contributed by atoms with E-state index in [1.54, 1.807) is 0 Å². The smallest absolute Gasteiger partial charge is 0.139 e. The maximum absolute atomic E-state index is 6.04. The summed E-state index contributed by atoms with van der Waals surface area (Å²) in [7, 11) is 0.